The molecule has 1 heterocycles. The van der Waals surface area contributed by atoms with Gasteiger partial charge < -0.3 is 9.47 Å². The molecule has 1 fully saturated rings. The minimum Gasteiger partial charge on any atom is -0.493 e. The van der Waals surface area contributed by atoms with Gasteiger partial charge in [-0.1, -0.05) is 42.0 Å². The highest BCUT2D eigenvalue weighted by Gasteiger charge is 2.35. The molecule has 0 aromatic heterocycles. The Bertz CT molecular complexity index is 1350. The van der Waals surface area contributed by atoms with Crippen LogP contribution in [-0.4, -0.2) is 23.2 Å². The van der Waals surface area contributed by atoms with Gasteiger partial charge in [0.2, 0.25) is 0 Å². The fraction of sp³-hybridized carbons (Fsp3) is 0.148. The average Bonchev–Trinajstić information content (AvgIpc) is 3.12. The maximum absolute atomic E-state index is 12.9. The summed E-state index contributed by atoms with van der Waals surface area (Å²) in [6.07, 6.45) is 1.68. The predicted molar refractivity (Wildman–Crippen MR) is 139 cm³/mol. The van der Waals surface area contributed by atoms with Crippen LogP contribution in [0.1, 0.15) is 27.8 Å². The number of ether oxygens (including phenoxy) is 2. The van der Waals surface area contributed by atoms with Crippen LogP contribution in [0.3, 0.4) is 0 Å². The van der Waals surface area contributed by atoms with Crippen molar-refractivity contribution in [3.05, 3.63) is 97.9 Å². The second kappa shape index (κ2) is 10.8. The summed E-state index contributed by atoms with van der Waals surface area (Å²) in [5.41, 5.74) is 4.20. The van der Waals surface area contributed by atoms with Gasteiger partial charge in [0.05, 0.1) is 34.7 Å². The smallest absolute Gasteiger partial charge is 0.293 e. The molecule has 35 heavy (non-hydrogen) atoms. The van der Waals surface area contributed by atoms with Crippen LogP contribution in [0.25, 0.3) is 6.08 Å². The van der Waals surface area contributed by atoms with Crippen LogP contribution in [0.4, 0.5) is 4.79 Å². The van der Waals surface area contributed by atoms with Gasteiger partial charge in [-0.05, 0) is 81.6 Å². The van der Waals surface area contributed by atoms with E-state index in [0.29, 0.717) is 32.0 Å². The number of halogens is 1. The van der Waals surface area contributed by atoms with Gasteiger partial charge in [0.1, 0.15) is 6.61 Å². The number of hydrogen-bond acceptors (Lipinski definition) is 6. The summed E-state index contributed by atoms with van der Waals surface area (Å²) < 4.78 is 12.1. The molecule has 0 aliphatic carbocycles. The van der Waals surface area contributed by atoms with Gasteiger partial charge in [-0.15, -0.1) is 0 Å². The van der Waals surface area contributed by atoms with Crippen molar-refractivity contribution in [3.63, 3.8) is 0 Å². The third-order valence-corrected chi connectivity index (χ3v) is 6.85. The zero-order valence-electron chi connectivity index (χ0n) is 19.1. The molecule has 8 heteroatoms. The summed E-state index contributed by atoms with van der Waals surface area (Å²) in [7, 11) is 1.54. The molecule has 2 amide bonds. The number of hydrogen-bond donors (Lipinski definition) is 0. The second-order valence-electron chi connectivity index (χ2n) is 7.88. The number of nitriles is 1. The fourth-order valence-corrected chi connectivity index (χ4v) is 4.87. The van der Waals surface area contributed by atoms with Crippen molar-refractivity contribution in [2.24, 2.45) is 0 Å². The predicted octanol–water partition coefficient (Wildman–Crippen LogP) is 6.45. The number of carbonyl (C=O) groups excluding carboxylic acids is 2. The summed E-state index contributed by atoms with van der Waals surface area (Å²) in [4.78, 5) is 27.0. The number of aryl methyl sites for hydroxylation is 1. The normalized spacial score (nSPS) is 14.3. The van der Waals surface area contributed by atoms with Crippen molar-refractivity contribution in [2.75, 3.05) is 7.11 Å². The molecule has 0 bridgehead atoms. The maximum atomic E-state index is 12.9. The zero-order chi connectivity index (χ0) is 24.9. The first-order chi connectivity index (χ1) is 16.9. The third kappa shape index (κ3) is 5.76. The summed E-state index contributed by atoms with van der Waals surface area (Å²) >= 11 is 4.45. The molecule has 176 valence electrons. The van der Waals surface area contributed by atoms with Crippen LogP contribution in [0.2, 0.25) is 0 Å². The van der Waals surface area contributed by atoms with E-state index < -0.39 is 0 Å². The Hall–Kier alpha value is -3.54. The van der Waals surface area contributed by atoms with Crippen molar-refractivity contribution in [2.45, 2.75) is 20.1 Å². The average molecular weight is 549 g/mol. The SMILES string of the molecule is COc1cc(/C=C2\SC(=O)N(Cc3ccc(C)cc3)C2=O)cc(Br)c1OCc1ccc(C#N)cc1. The van der Waals surface area contributed by atoms with E-state index in [-0.39, 0.29) is 24.3 Å². The molecule has 1 saturated heterocycles. The van der Waals surface area contributed by atoms with Crippen LogP contribution in [-0.2, 0) is 17.9 Å². The van der Waals surface area contributed by atoms with E-state index in [4.69, 9.17) is 14.7 Å². The molecule has 1 aliphatic rings. The molecule has 3 aromatic rings. The number of imide groups is 1. The van der Waals surface area contributed by atoms with Gasteiger partial charge in [0, 0.05) is 0 Å². The quantitative estimate of drug-likeness (QED) is 0.315. The number of benzene rings is 3. The molecule has 1 aliphatic heterocycles. The highest BCUT2D eigenvalue weighted by molar-refractivity contribution is 9.10. The molecule has 0 unspecified atom stereocenters. The van der Waals surface area contributed by atoms with Crippen molar-refractivity contribution < 1.29 is 19.1 Å². The number of carbonyl (C=O) groups is 2. The third-order valence-electron chi connectivity index (χ3n) is 5.35. The zero-order valence-corrected chi connectivity index (χ0v) is 21.5. The Morgan fingerprint density at radius 1 is 1.06 bits per heavy atom. The van der Waals surface area contributed by atoms with E-state index >= 15 is 0 Å². The van der Waals surface area contributed by atoms with Crippen molar-refractivity contribution in [3.8, 4) is 17.6 Å². The summed E-state index contributed by atoms with van der Waals surface area (Å²) in [6.45, 7) is 2.51. The van der Waals surface area contributed by atoms with Crippen LogP contribution < -0.4 is 9.47 Å². The lowest BCUT2D eigenvalue weighted by Gasteiger charge is -2.14. The molecule has 0 atom stereocenters. The van der Waals surface area contributed by atoms with Gasteiger partial charge in [-0.3, -0.25) is 14.5 Å². The van der Waals surface area contributed by atoms with E-state index in [9.17, 15) is 9.59 Å². The van der Waals surface area contributed by atoms with Crippen LogP contribution in [0.15, 0.2) is 70.0 Å². The van der Waals surface area contributed by atoms with Crippen molar-refractivity contribution in [1.82, 2.24) is 4.90 Å². The minimum atomic E-state index is -0.322. The fourth-order valence-electron chi connectivity index (χ4n) is 3.46. The Kier molecular flexibility index (Phi) is 7.59. The molecular weight excluding hydrogens is 528 g/mol. The molecule has 0 spiro atoms. The highest BCUT2D eigenvalue weighted by atomic mass is 79.9. The van der Waals surface area contributed by atoms with Gasteiger partial charge in [0.25, 0.3) is 11.1 Å². The Balaban J connectivity index is 1.51. The first-order valence-electron chi connectivity index (χ1n) is 10.7. The Labute approximate surface area is 216 Å². The summed E-state index contributed by atoms with van der Waals surface area (Å²) in [6, 6.07) is 20.5. The van der Waals surface area contributed by atoms with E-state index in [1.165, 1.54) is 12.0 Å². The van der Waals surface area contributed by atoms with E-state index in [1.54, 1.807) is 24.3 Å². The lowest BCUT2D eigenvalue weighted by Crippen LogP contribution is -2.27. The van der Waals surface area contributed by atoms with Gasteiger partial charge >= 0.3 is 0 Å². The number of rotatable bonds is 7. The van der Waals surface area contributed by atoms with Gasteiger partial charge in [0.15, 0.2) is 11.5 Å². The van der Waals surface area contributed by atoms with Crippen LogP contribution >= 0.6 is 27.7 Å². The van der Waals surface area contributed by atoms with Crippen molar-refractivity contribution >= 4 is 44.9 Å². The summed E-state index contributed by atoms with van der Waals surface area (Å²) in [5, 5.41) is 8.64. The van der Waals surface area contributed by atoms with E-state index in [1.807, 2.05) is 49.4 Å². The van der Waals surface area contributed by atoms with Gasteiger partial charge in [-0.2, -0.15) is 5.26 Å². The molecule has 0 saturated carbocycles. The standard InChI is InChI=1S/C27H21BrN2O4S/c1-17-3-5-19(6-4-17)15-30-26(31)24(35-27(30)32)13-21-11-22(28)25(23(12-21)33-2)34-16-20-9-7-18(14-29)8-10-20/h3-13H,15-16H2,1-2H3/b24-13-. The Morgan fingerprint density at radius 3 is 2.40 bits per heavy atom. The topological polar surface area (TPSA) is 79.6 Å². The first-order valence-corrected chi connectivity index (χ1v) is 12.3. The number of nitrogens with zero attached hydrogens (tertiary/aromatic N) is 2. The molecular formula is C27H21BrN2O4S. The minimum absolute atomic E-state index is 0.234. The summed E-state index contributed by atoms with van der Waals surface area (Å²) in [5.74, 6) is 0.677. The maximum Gasteiger partial charge on any atom is 0.293 e. The molecule has 3 aromatic carbocycles. The Morgan fingerprint density at radius 2 is 1.74 bits per heavy atom. The molecule has 4 rings (SSSR count). The van der Waals surface area contributed by atoms with Gasteiger partial charge in [-0.25, -0.2) is 0 Å². The van der Waals surface area contributed by atoms with E-state index in [0.717, 1.165) is 28.5 Å². The van der Waals surface area contributed by atoms with Crippen LogP contribution in [0, 0.1) is 18.3 Å². The number of thioether (sulfide) groups is 1. The lowest BCUT2D eigenvalue weighted by atomic mass is 10.1. The largest absolute Gasteiger partial charge is 0.493 e. The first kappa shape index (κ1) is 24.6. The number of methoxy groups -OCH3 is 1. The lowest BCUT2D eigenvalue weighted by molar-refractivity contribution is -0.123. The highest BCUT2D eigenvalue weighted by Crippen LogP contribution is 2.39. The van der Waals surface area contributed by atoms with E-state index in [2.05, 4.69) is 22.0 Å². The second-order valence-corrected chi connectivity index (χ2v) is 9.73. The van der Waals surface area contributed by atoms with Crippen molar-refractivity contribution in [1.29, 1.82) is 5.26 Å². The monoisotopic (exact) mass is 548 g/mol. The number of amides is 2. The molecule has 6 nitrogen and oxygen atoms in total. The molecule has 0 radical (unpaired) electrons. The van der Waals surface area contributed by atoms with Crippen LogP contribution in [0.5, 0.6) is 11.5 Å². The molecule has 0 N–H and O–H groups in total.